The third kappa shape index (κ3) is 1.85. The van der Waals surface area contributed by atoms with Crippen LogP contribution >= 0.6 is 22.6 Å². The first-order chi connectivity index (χ1) is 9.09. The van der Waals surface area contributed by atoms with Crippen molar-refractivity contribution in [3.63, 3.8) is 0 Å². The molecule has 0 unspecified atom stereocenters. The van der Waals surface area contributed by atoms with E-state index in [1.54, 1.807) is 12.1 Å². The van der Waals surface area contributed by atoms with Gasteiger partial charge in [0, 0.05) is 16.0 Å². The van der Waals surface area contributed by atoms with Gasteiger partial charge < -0.3 is 0 Å². The molecular weight excluding hydrogens is 355 g/mol. The molecule has 0 bridgehead atoms. The zero-order valence-corrected chi connectivity index (χ0v) is 12.2. The molecule has 2 heterocycles. The van der Waals surface area contributed by atoms with E-state index in [-0.39, 0.29) is 11.8 Å². The van der Waals surface area contributed by atoms with Crippen molar-refractivity contribution in [2.75, 3.05) is 4.90 Å². The van der Waals surface area contributed by atoms with Crippen molar-refractivity contribution in [2.45, 2.75) is 6.92 Å². The largest absolute Gasteiger partial charge is 0.268 e. The number of aromatic nitrogens is 1. The molecule has 3 rings (SSSR count). The van der Waals surface area contributed by atoms with Gasteiger partial charge in [-0.3, -0.25) is 14.6 Å². The monoisotopic (exact) mass is 364 g/mol. The van der Waals surface area contributed by atoms with Crippen molar-refractivity contribution in [3.8, 4) is 0 Å². The minimum atomic E-state index is -0.312. The van der Waals surface area contributed by atoms with Gasteiger partial charge in [-0.1, -0.05) is 6.07 Å². The van der Waals surface area contributed by atoms with Gasteiger partial charge in [0.2, 0.25) is 0 Å². The molecule has 0 aliphatic carbocycles. The number of fused-ring (bicyclic) bond motifs is 1. The summed E-state index contributed by atoms with van der Waals surface area (Å²) in [6, 6.07) is 7.10. The zero-order chi connectivity index (χ0) is 13.6. The minimum Gasteiger partial charge on any atom is -0.268 e. The minimum absolute atomic E-state index is 0.290. The molecule has 0 saturated carbocycles. The van der Waals surface area contributed by atoms with Crippen LogP contribution in [0, 0.1) is 10.5 Å². The van der Waals surface area contributed by atoms with Gasteiger partial charge >= 0.3 is 0 Å². The van der Waals surface area contributed by atoms with Crippen LogP contribution < -0.4 is 4.90 Å². The van der Waals surface area contributed by atoms with E-state index in [9.17, 15) is 9.59 Å². The summed E-state index contributed by atoms with van der Waals surface area (Å²) in [6.07, 6.45) is 2.96. The van der Waals surface area contributed by atoms with Crippen LogP contribution in [-0.2, 0) is 0 Å². The molecule has 0 fully saturated rings. The van der Waals surface area contributed by atoms with Crippen LogP contribution in [0.2, 0.25) is 0 Å². The predicted molar refractivity (Wildman–Crippen MR) is 79.3 cm³/mol. The van der Waals surface area contributed by atoms with E-state index in [4.69, 9.17) is 0 Å². The van der Waals surface area contributed by atoms with E-state index < -0.39 is 0 Å². The van der Waals surface area contributed by atoms with Crippen molar-refractivity contribution >= 4 is 40.1 Å². The topological polar surface area (TPSA) is 50.3 Å². The molecule has 2 amide bonds. The van der Waals surface area contributed by atoms with Gasteiger partial charge in [-0.2, -0.15) is 0 Å². The Morgan fingerprint density at radius 1 is 1.11 bits per heavy atom. The number of carbonyl (C=O) groups is 2. The normalized spacial score (nSPS) is 13.9. The fraction of sp³-hybridized carbons (Fsp3) is 0.0714. The number of imide groups is 1. The summed E-state index contributed by atoms with van der Waals surface area (Å²) in [6.45, 7) is 1.98. The Morgan fingerprint density at radius 2 is 1.84 bits per heavy atom. The number of aryl methyl sites for hydroxylation is 1. The average Bonchev–Trinajstić information content (AvgIpc) is 2.66. The molecular formula is C14H9IN2O2. The van der Waals surface area contributed by atoms with Gasteiger partial charge in [0.1, 0.15) is 0 Å². The lowest BCUT2D eigenvalue weighted by atomic mass is 10.2. The molecule has 1 aromatic carbocycles. The zero-order valence-electron chi connectivity index (χ0n) is 10.1. The second-order valence-corrected chi connectivity index (χ2v) is 5.46. The molecule has 5 heteroatoms. The third-order valence-electron chi connectivity index (χ3n) is 3.10. The number of rotatable bonds is 1. The Balaban J connectivity index is 2.11. The maximum atomic E-state index is 12.3. The van der Waals surface area contributed by atoms with Gasteiger partial charge in [-0.15, -0.1) is 0 Å². The maximum absolute atomic E-state index is 12.3. The number of hydrogen-bond donors (Lipinski definition) is 0. The molecule has 0 radical (unpaired) electrons. The number of anilines is 1. The first kappa shape index (κ1) is 12.3. The van der Waals surface area contributed by atoms with Crippen LogP contribution in [0.25, 0.3) is 0 Å². The number of nitrogens with zero attached hydrogens (tertiary/aromatic N) is 2. The highest BCUT2D eigenvalue weighted by atomic mass is 127. The van der Waals surface area contributed by atoms with Crippen molar-refractivity contribution in [1.82, 2.24) is 4.98 Å². The van der Waals surface area contributed by atoms with E-state index in [1.807, 2.05) is 19.1 Å². The quantitative estimate of drug-likeness (QED) is 0.578. The summed E-state index contributed by atoms with van der Waals surface area (Å²) in [7, 11) is 0. The number of benzene rings is 1. The Hall–Kier alpha value is -1.76. The highest BCUT2D eigenvalue weighted by Gasteiger charge is 2.36. The molecule has 1 aromatic heterocycles. The summed E-state index contributed by atoms with van der Waals surface area (Å²) in [4.78, 5) is 29.6. The molecule has 94 valence electrons. The second-order valence-electron chi connectivity index (χ2n) is 4.30. The van der Waals surface area contributed by atoms with Crippen LogP contribution in [0.5, 0.6) is 0 Å². The van der Waals surface area contributed by atoms with Gasteiger partial charge in [-0.05, 0) is 53.3 Å². The Labute approximate surface area is 123 Å². The fourth-order valence-corrected chi connectivity index (χ4v) is 2.54. The number of halogens is 1. The molecule has 0 N–H and O–H groups in total. The van der Waals surface area contributed by atoms with Crippen LogP contribution in [0.3, 0.4) is 0 Å². The van der Waals surface area contributed by atoms with Crippen LogP contribution in [0.1, 0.15) is 26.3 Å². The van der Waals surface area contributed by atoms with Crippen molar-refractivity contribution in [1.29, 1.82) is 0 Å². The lowest BCUT2D eigenvalue weighted by Gasteiger charge is -2.14. The summed E-state index contributed by atoms with van der Waals surface area (Å²) in [5.74, 6) is -0.602. The van der Waals surface area contributed by atoms with Crippen LogP contribution in [0.4, 0.5) is 5.69 Å². The second kappa shape index (κ2) is 4.41. The molecule has 1 aliphatic heterocycles. The first-order valence-electron chi connectivity index (χ1n) is 5.68. The number of hydrogen-bond acceptors (Lipinski definition) is 3. The van der Waals surface area contributed by atoms with E-state index in [1.165, 1.54) is 17.3 Å². The van der Waals surface area contributed by atoms with Gasteiger partial charge in [0.05, 0.1) is 16.8 Å². The summed E-state index contributed by atoms with van der Waals surface area (Å²) < 4.78 is 1.02. The summed E-state index contributed by atoms with van der Waals surface area (Å²) >= 11 is 2.19. The summed E-state index contributed by atoms with van der Waals surface area (Å²) in [5, 5.41) is 0. The highest BCUT2D eigenvalue weighted by molar-refractivity contribution is 14.1. The maximum Gasteiger partial charge on any atom is 0.267 e. The van der Waals surface area contributed by atoms with E-state index in [0.717, 1.165) is 9.13 Å². The Bertz CT molecular complexity index is 677. The van der Waals surface area contributed by atoms with Crippen LogP contribution in [0.15, 0.2) is 36.7 Å². The smallest absolute Gasteiger partial charge is 0.267 e. The predicted octanol–water partition coefficient (Wildman–Crippen LogP) is 2.80. The highest BCUT2D eigenvalue weighted by Crippen LogP contribution is 2.29. The lowest BCUT2D eigenvalue weighted by molar-refractivity contribution is 0.0926. The van der Waals surface area contributed by atoms with Crippen molar-refractivity contribution in [3.05, 3.63) is 56.9 Å². The average molecular weight is 364 g/mol. The molecule has 2 aromatic rings. The number of amides is 2. The molecule has 0 saturated heterocycles. The van der Waals surface area contributed by atoms with Gasteiger partial charge in [-0.25, -0.2) is 4.90 Å². The Kier molecular flexibility index (Phi) is 2.85. The van der Waals surface area contributed by atoms with E-state index >= 15 is 0 Å². The SMILES string of the molecule is Cc1ccc(N2C(=O)c3ccncc3C2=O)cc1I. The molecule has 19 heavy (non-hydrogen) atoms. The number of carbonyl (C=O) groups excluding carboxylic acids is 2. The number of pyridine rings is 1. The van der Waals surface area contributed by atoms with Crippen molar-refractivity contribution in [2.24, 2.45) is 0 Å². The molecule has 1 aliphatic rings. The lowest BCUT2D eigenvalue weighted by Crippen LogP contribution is -2.29. The molecule has 4 nitrogen and oxygen atoms in total. The fourth-order valence-electron chi connectivity index (χ4n) is 2.04. The summed E-state index contributed by atoms with van der Waals surface area (Å²) in [5.41, 5.74) is 2.49. The molecule has 0 atom stereocenters. The standard InChI is InChI=1S/C14H9IN2O2/c1-8-2-3-9(6-12(8)15)17-13(18)10-4-5-16-7-11(10)14(17)19/h2-7H,1H3. The third-order valence-corrected chi connectivity index (χ3v) is 4.26. The van der Waals surface area contributed by atoms with Crippen molar-refractivity contribution < 1.29 is 9.59 Å². The van der Waals surface area contributed by atoms with Crippen LogP contribution in [-0.4, -0.2) is 16.8 Å². The Morgan fingerprint density at radius 3 is 2.53 bits per heavy atom. The van der Waals surface area contributed by atoms with Gasteiger partial charge in [0.15, 0.2) is 0 Å². The van der Waals surface area contributed by atoms with Gasteiger partial charge in [0.25, 0.3) is 11.8 Å². The molecule has 0 spiro atoms. The first-order valence-corrected chi connectivity index (χ1v) is 6.76. The van der Waals surface area contributed by atoms with E-state index in [2.05, 4.69) is 27.6 Å². The van der Waals surface area contributed by atoms with E-state index in [0.29, 0.717) is 16.8 Å².